The molecule has 0 radical (unpaired) electrons. The number of hydrogen-bond donors (Lipinski definition) is 0. The fourth-order valence-electron chi connectivity index (χ4n) is 1.22. The lowest BCUT2D eigenvalue weighted by atomic mass is 10.2. The van der Waals surface area contributed by atoms with Crippen molar-refractivity contribution in [1.29, 1.82) is 5.26 Å². The first kappa shape index (κ1) is 6.86. The Kier molecular flexibility index (Phi) is 1.34. The lowest BCUT2D eigenvalue weighted by Crippen LogP contribution is -1.84. The molecule has 0 atom stereocenters. The van der Waals surface area contributed by atoms with E-state index in [1.54, 1.807) is 10.7 Å². The zero-order valence-corrected chi connectivity index (χ0v) is 6.65. The van der Waals surface area contributed by atoms with Crippen LogP contribution in [0.3, 0.4) is 0 Å². The van der Waals surface area contributed by atoms with Crippen LogP contribution in [-0.2, 0) is 7.05 Å². The second kappa shape index (κ2) is 2.35. The Morgan fingerprint density at radius 1 is 1.50 bits per heavy atom. The van der Waals surface area contributed by atoms with Gasteiger partial charge in [-0.25, -0.2) is 0 Å². The summed E-state index contributed by atoms with van der Waals surface area (Å²) in [6.07, 6.45) is 1.90. The zero-order chi connectivity index (χ0) is 8.55. The molecule has 0 saturated carbocycles. The molecule has 0 saturated heterocycles. The molecular weight excluding hydrogens is 150 g/mol. The summed E-state index contributed by atoms with van der Waals surface area (Å²) in [6.45, 7) is 0. The molecule has 58 valence electrons. The van der Waals surface area contributed by atoms with Crippen LogP contribution < -0.4 is 0 Å². The molecule has 0 spiro atoms. The van der Waals surface area contributed by atoms with Crippen LogP contribution >= 0.6 is 0 Å². The molecule has 0 fully saturated rings. The Labute approximate surface area is 69.8 Å². The molecule has 0 unspecified atom stereocenters. The van der Waals surface area contributed by atoms with Gasteiger partial charge in [-0.2, -0.15) is 10.4 Å². The quantitative estimate of drug-likeness (QED) is 0.580. The van der Waals surface area contributed by atoms with Gasteiger partial charge in [-0.3, -0.25) is 4.68 Å². The van der Waals surface area contributed by atoms with E-state index in [4.69, 9.17) is 5.26 Å². The van der Waals surface area contributed by atoms with Crippen molar-refractivity contribution < 1.29 is 0 Å². The molecule has 0 aliphatic heterocycles. The standard InChI is InChI=1S/C9H7N3/c1-12-6-8-4-7(5-10)2-3-9(8)11-12/h2-4,6H,1H3. The highest BCUT2D eigenvalue weighted by Crippen LogP contribution is 2.12. The summed E-state index contributed by atoms with van der Waals surface area (Å²) in [6, 6.07) is 7.56. The van der Waals surface area contributed by atoms with Gasteiger partial charge in [0.15, 0.2) is 0 Å². The highest BCUT2D eigenvalue weighted by atomic mass is 15.2. The number of aryl methyl sites for hydroxylation is 1. The Morgan fingerprint density at radius 3 is 3.08 bits per heavy atom. The van der Waals surface area contributed by atoms with Crippen molar-refractivity contribution in [2.45, 2.75) is 0 Å². The predicted molar refractivity (Wildman–Crippen MR) is 45.4 cm³/mol. The summed E-state index contributed by atoms with van der Waals surface area (Å²) >= 11 is 0. The van der Waals surface area contributed by atoms with E-state index < -0.39 is 0 Å². The first-order chi connectivity index (χ1) is 5.79. The normalized spacial score (nSPS) is 10.0. The van der Waals surface area contributed by atoms with Gasteiger partial charge < -0.3 is 0 Å². The third-order valence-corrected chi connectivity index (χ3v) is 1.75. The smallest absolute Gasteiger partial charge is 0.0991 e. The Bertz CT molecular complexity index is 462. The van der Waals surface area contributed by atoms with Crippen molar-refractivity contribution in [3.05, 3.63) is 30.0 Å². The van der Waals surface area contributed by atoms with Crippen LogP contribution in [0.4, 0.5) is 0 Å². The maximum atomic E-state index is 8.63. The van der Waals surface area contributed by atoms with Crippen LogP contribution in [0.5, 0.6) is 0 Å². The molecule has 0 amide bonds. The molecular formula is C9H7N3. The van der Waals surface area contributed by atoms with Crippen molar-refractivity contribution in [2.75, 3.05) is 0 Å². The molecule has 1 aromatic heterocycles. The van der Waals surface area contributed by atoms with E-state index in [0.29, 0.717) is 5.56 Å². The van der Waals surface area contributed by atoms with Crippen LogP contribution in [0.1, 0.15) is 5.56 Å². The van der Waals surface area contributed by atoms with E-state index in [-0.39, 0.29) is 0 Å². The predicted octanol–water partition coefficient (Wildman–Crippen LogP) is 1.44. The van der Waals surface area contributed by atoms with Gasteiger partial charge in [0.25, 0.3) is 0 Å². The molecule has 0 bridgehead atoms. The summed E-state index contributed by atoms with van der Waals surface area (Å²) < 4.78 is 1.74. The van der Waals surface area contributed by atoms with Gasteiger partial charge in [0, 0.05) is 18.6 Å². The second-order valence-electron chi connectivity index (χ2n) is 2.69. The largest absolute Gasteiger partial charge is 0.275 e. The number of fused-ring (bicyclic) bond motifs is 1. The zero-order valence-electron chi connectivity index (χ0n) is 6.65. The topological polar surface area (TPSA) is 41.6 Å². The molecule has 0 N–H and O–H groups in total. The third kappa shape index (κ3) is 0.940. The molecule has 0 aliphatic carbocycles. The summed E-state index contributed by atoms with van der Waals surface area (Å²) in [5, 5.41) is 13.8. The minimum absolute atomic E-state index is 0.676. The molecule has 3 heteroatoms. The molecule has 2 rings (SSSR count). The van der Waals surface area contributed by atoms with Gasteiger partial charge in [-0.05, 0) is 18.2 Å². The fraction of sp³-hybridized carbons (Fsp3) is 0.111. The van der Waals surface area contributed by atoms with Gasteiger partial charge in [-0.15, -0.1) is 0 Å². The number of nitriles is 1. The van der Waals surface area contributed by atoms with E-state index in [9.17, 15) is 0 Å². The van der Waals surface area contributed by atoms with Gasteiger partial charge in [0.05, 0.1) is 17.1 Å². The lowest BCUT2D eigenvalue weighted by molar-refractivity contribution is 0.780. The SMILES string of the molecule is Cn1cc2cc(C#N)ccc2n1. The third-order valence-electron chi connectivity index (χ3n) is 1.75. The maximum Gasteiger partial charge on any atom is 0.0991 e. The van der Waals surface area contributed by atoms with Crippen LogP contribution in [0, 0.1) is 11.3 Å². The van der Waals surface area contributed by atoms with Crippen molar-refractivity contribution in [3.8, 4) is 6.07 Å². The molecule has 12 heavy (non-hydrogen) atoms. The van der Waals surface area contributed by atoms with Gasteiger partial charge in [-0.1, -0.05) is 0 Å². The van der Waals surface area contributed by atoms with Gasteiger partial charge >= 0.3 is 0 Å². The van der Waals surface area contributed by atoms with E-state index in [1.165, 1.54) is 0 Å². The first-order valence-corrected chi connectivity index (χ1v) is 3.63. The van der Waals surface area contributed by atoms with Crippen LogP contribution in [-0.4, -0.2) is 9.78 Å². The Balaban J connectivity index is 2.77. The van der Waals surface area contributed by atoms with E-state index in [2.05, 4.69) is 11.2 Å². The van der Waals surface area contributed by atoms with E-state index in [0.717, 1.165) is 10.9 Å². The average molecular weight is 157 g/mol. The Morgan fingerprint density at radius 2 is 2.33 bits per heavy atom. The molecule has 1 aromatic carbocycles. The number of nitrogens with zero attached hydrogens (tertiary/aromatic N) is 3. The lowest BCUT2D eigenvalue weighted by Gasteiger charge is -1.86. The van der Waals surface area contributed by atoms with Gasteiger partial charge in [0.1, 0.15) is 0 Å². The average Bonchev–Trinajstić information content (AvgIpc) is 2.43. The van der Waals surface area contributed by atoms with Crippen LogP contribution in [0.15, 0.2) is 24.4 Å². The van der Waals surface area contributed by atoms with Gasteiger partial charge in [0.2, 0.25) is 0 Å². The van der Waals surface area contributed by atoms with Crippen LogP contribution in [0.25, 0.3) is 10.9 Å². The minimum Gasteiger partial charge on any atom is -0.275 e. The second-order valence-corrected chi connectivity index (χ2v) is 2.69. The minimum atomic E-state index is 0.676. The van der Waals surface area contributed by atoms with Crippen molar-refractivity contribution >= 4 is 10.9 Å². The van der Waals surface area contributed by atoms with Crippen molar-refractivity contribution in [3.63, 3.8) is 0 Å². The van der Waals surface area contributed by atoms with Crippen LogP contribution in [0.2, 0.25) is 0 Å². The number of hydrogen-bond acceptors (Lipinski definition) is 2. The number of aromatic nitrogens is 2. The molecule has 1 heterocycles. The summed E-state index contributed by atoms with van der Waals surface area (Å²) in [5.74, 6) is 0. The summed E-state index contributed by atoms with van der Waals surface area (Å²) in [5.41, 5.74) is 1.60. The fourth-order valence-corrected chi connectivity index (χ4v) is 1.22. The van der Waals surface area contributed by atoms with Crippen molar-refractivity contribution in [1.82, 2.24) is 9.78 Å². The number of benzene rings is 1. The molecule has 2 aromatic rings. The highest BCUT2D eigenvalue weighted by molar-refractivity contribution is 5.79. The van der Waals surface area contributed by atoms with E-state index in [1.807, 2.05) is 25.4 Å². The molecule has 3 nitrogen and oxygen atoms in total. The maximum absolute atomic E-state index is 8.63. The van der Waals surface area contributed by atoms with Crippen molar-refractivity contribution in [2.24, 2.45) is 7.05 Å². The van der Waals surface area contributed by atoms with E-state index >= 15 is 0 Å². The first-order valence-electron chi connectivity index (χ1n) is 3.63. The monoisotopic (exact) mass is 157 g/mol. The number of rotatable bonds is 0. The summed E-state index contributed by atoms with van der Waals surface area (Å²) in [7, 11) is 1.87. The highest BCUT2D eigenvalue weighted by Gasteiger charge is 1.98. The summed E-state index contributed by atoms with van der Waals surface area (Å²) in [4.78, 5) is 0. The molecule has 0 aliphatic rings. The Hall–Kier alpha value is -1.82.